The Morgan fingerprint density at radius 3 is 2.15 bits per heavy atom. The van der Waals surface area contributed by atoms with Crippen LogP contribution in [0.2, 0.25) is 0 Å². The number of hydrogen-bond donors (Lipinski definition) is 1. The first-order valence-electron chi connectivity index (χ1n) is 11.3. The van der Waals surface area contributed by atoms with Crippen molar-refractivity contribution in [3.63, 3.8) is 0 Å². The molecule has 0 atom stereocenters. The van der Waals surface area contributed by atoms with Crippen molar-refractivity contribution >= 4 is 24.0 Å². The molecule has 0 unspecified atom stereocenters. The van der Waals surface area contributed by atoms with Crippen molar-refractivity contribution in [1.82, 2.24) is 10.2 Å². The van der Waals surface area contributed by atoms with E-state index in [9.17, 15) is 19.2 Å². The van der Waals surface area contributed by atoms with Gasteiger partial charge in [0.25, 0.3) is 11.8 Å². The molecule has 0 aromatic carbocycles. The first kappa shape index (κ1) is 34.0. The van der Waals surface area contributed by atoms with E-state index in [1.54, 1.807) is 0 Å². The zero-order valence-electron chi connectivity index (χ0n) is 20.6. The van der Waals surface area contributed by atoms with Gasteiger partial charge in [0.05, 0.1) is 44.7 Å². The van der Waals surface area contributed by atoms with Crippen LogP contribution in [0.25, 0.3) is 0 Å². The van der Waals surface area contributed by atoms with Crippen molar-refractivity contribution in [2.24, 2.45) is 0 Å². The summed E-state index contributed by atoms with van der Waals surface area (Å²) >= 11 is 0. The molecule has 0 bridgehead atoms. The van der Waals surface area contributed by atoms with Gasteiger partial charge >= 0.3 is 0 Å². The molecule has 0 aliphatic carbocycles. The molecule has 0 aromatic rings. The van der Waals surface area contributed by atoms with Crippen LogP contribution in [0.4, 0.5) is 0 Å². The van der Waals surface area contributed by atoms with Crippen LogP contribution in [-0.4, -0.2) is 93.3 Å². The average Bonchev–Trinajstić information content (AvgIpc) is 3.05. The quantitative estimate of drug-likeness (QED) is 0.187. The lowest BCUT2D eigenvalue weighted by Gasteiger charge is -2.21. The maximum atomic E-state index is 11.6. The van der Waals surface area contributed by atoms with Crippen LogP contribution in [0, 0.1) is 0 Å². The second kappa shape index (κ2) is 20.3. The molecule has 0 spiro atoms. The van der Waals surface area contributed by atoms with E-state index < -0.39 is 0 Å². The molecule has 0 radical (unpaired) electrons. The molecule has 1 aliphatic heterocycles. The second-order valence-corrected chi connectivity index (χ2v) is 7.97. The molecular weight excluding hydrogens is 444 g/mol. The van der Waals surface area contributed by atoms with Gasteiger partial charge in [0, 0.05) is 44.7 Å². The number of aldehydes is 1. The van der Waals surface area contributed by atoms with Gasteiger partial charge in [0.15, 0.2) is 0 Å². The molecule has 0 fully saturated rings. The molecule has 0 saturated heterocycles. The Hall–Kier alpha value is -2.14. The highest BCUT2D eigenvalue weighted by molar-refractivity contribution is 6.13. The van der Waals surface area contributed by atoms with Crippen LogP contribution >= 0.6 is 0 Å². The van der Waals surface area contributed by atoms with Gasteiger partial charge in [-0.3, -0.25) is 19.3 Å². The first-order chi connectivity index (χ1) is 15.6. The van der Waals surface area contributed by atoms with Gasteiger partial charge < -0.3 is 29.1 Å². The third-order valence-electron chi connectivity index (χ3n) is 4.19. The number of nitrogens with zero attached hydrogens (tertiary/aromatic N) is 1. The number of ether oxygens (including phenoxy) is 4. The van der Waals surface area contributed by atoms with Crippen LogP contribution in [-0.2, 0) is 38.1 Å². The zero-order valence-corrected chi connectivity index (χ0v) is 20.6. The van der Waals surface area contributed by atoms with E-state index >= 15 is 0 Å². The fourth-order valence-electron chi connectivity index (χ4n) is 2.53. The summed E-state index contributed by atoms with van der Waals surface area (Å²) in [6.45, 7) is 13.2. The Morgan fingerprint density at radius 1 is 1.06 bits per heavy atom. The lowest BCUT2D eigenvalue weighted by molar-refractivity contribution is -0.137. The Morgan fingerprint density at radius 2 is 1.62 bits per heavy atom. The molecule has 1 heterocycles. The predicted octanol–water partition coefficient (Wildman–Crippen LogP) is 1.90. The number of rotatable bonds is 17. The van der Waals surface area contributed by atoms with Crippen molar-refractivity contribution < 1.29 is 38.1 Å². The van der Waals surface area contributed by atoms with Gasteiger partial charge in [0.1, 0.15) is 6.29 Å². The standard InChI is InChI=1S/C16H26N2O6.C7H14O2.CH4/c1-13(2)24-12-11-23-10-9-22-8-6-17-14(19)5-7-18-15(20)3-4-16(18)21;1-4-9-7(2,3)5-6-8;/h3-4,13H,5-12H2,1-2H3,(H,17,19);6H,4-5H2,1-3H3;1H4. The molecule has 0 saturated carbocycles. The van der Waals surface area contributed by atoms with E-state index in [1.807, 2.05) is 34.6 Å². The Kier molecular flexibility index (Phi) is 20.3. The third-order valence-corrected chi connectivity index (χ3v) is 4.19. The smallest absolute Gasteiger partial charge is 0.253 e. The lowest BCUT2D eigenvalue weighted by atomic mass is 10.1. The molecule has 10 heteroatoms. The van der Waals surface area contributed by atoms with Crippen molar-refractivity contribution in [1.29, 1.82) is 0 Å². The molecule has 34 heavy (non-hydrogen) atoms. The number of amides is 3. The van der Waals surface area contributed by atoms with Crippen molar-refractivity contribution in [3.05, 3.63) is 12.2 Å². The Balaban J connectivity index is 0. The van der Waals surface area contributed by atoms with Gasteiger partial charge in [0.2, 0.25) is 5.91 Å². The van der Waals surface area contributed by atoms with Crippen LogP contribution in [0.15, 0.2) is 12.2 Å². The van der Waals surface area contributed by atoms with E-state index in [2.05, 4.69) is 5.32 Å². The van der Waals surface area contributed by atoms with Gasteiger partial charge in [-0.1, -0.05) is 7.43 Å². The van der Waals surface area contributed by atoms with E-state index in [-0.39, 0.29) is 49.8 Å². The summed E-state index contributed by atoms with van der Waals surface area (Å²) in [5.74, 6) is -0.988. The Labute approximate surface area is 204 Å². The van der Waals surface area contributed by atoms with Crippen molar-refractivity contribution in [2.75, 3.05) is 52.7 Å². The summed E-state index contributed by atoms with van der Waals surface area (Å²) in [6.07, 6.45) is 4.04. The zero-order chi connectivity index (χ0) is 25.1. The minimum Gasteiger partial charge on any atom is -0.377 e. The molecule has 10 nitrogen and oxygen atoms in total. The highest BCUT2D eigenvalue weighted by Gasteiger charge is 2.23. The minimum absolute atomic E-state index is 0. The van der Waals surface area contributed by atoms with Crippen LogP contribution in [0.3, 0.4) is 0 Å². The highest BCUT2D eigenvalue weighted by Crippen LogP contribution is 2.11. The third kappa shape index (κ3) is 18.3. The lowest BCUT2D eigenvalue weighted by Crippen LogP contribution is -2.35. The van der Waals surface area contributed by atoms with E-state index in [0.29, 0.717) is 52.6 Å². The van der Waals surface area contributed by atoms with Crippen LogP contribution < -0.4 is 5.32 Å². The maximum Gasteiger partial charge on any atom is 0.253 e. The van der Waals surface area contributed by atoms with Gasteiger partial charge in [-0.05, 0) is 34.6 Å². The number of hydrogen-bond acceptors (Lipinski definition) is 8. The van der Waals surface area contributed by atoms with Crippen LogP contribution in [0.1, 0.15) is 54.9 Å². The topological polar surface area (TPSA) is 120 Å². The monoisotopic (exact) mass is 488 g/mol. The second-order valence-electron chi connectivity index (χ2n) is 7.97. The molecular formula is C24H44N2O8. The van der Waals surface area contributed by atoms with Crippen molar-refractivity contribution in [3.8, 4) is 0 Å². The summed E-state index contributed by atoms with van der Waals surface area (Å²) in [5, 5.41) is 2.67. The molecule has 198 valence electrons. The minimum atomic E-state index is -0.380. The highest BCUT2D eigenvalue weighted by atomic mass is 16.5. The Bertz CT molecular complexity index is 602. The normalized spacial score (nSPS) is 12.9. The number of nitrogens with one attached hydrogen (secondary N) is 1. The van der Waals surface area contributed by atoms with Gasteiger partial charge in [-0.25, -0.2) is 0 Å². The molecule has 1 N–H and O–H groups in total. The molecule has 1 aliphatic rings. The predicted molar refractivity (Wildman–Crippen MR) is 129 cm³/mol. The SMILES string of the molecule is C.CC(C)OCCOCCOCCNC(=O)CCN1C(=O)C=CC1=O.CCOC(C)(C)CC=O. The molecule has 3 amide bonds. The van der Waals surface area contributed by atoms with E-state index in [0.717, 1.165) is 11.2 Å². The summed E-state index contributed by atoms with van der Waals surface area (Å²) in [4.78, 5) is 45.3. The summed E-state index contributed by atoms with van der Waals surface area (Å²) < 4.78 is 21.2. The number of carbonyl (C=O) groups excluding carboxylic acids is 4. The maximum absolute atomic E-state index is 11.6. The van der Waals surface area contributed by atoms with E-state index in [1.165, 1.54) is 12.2 Å². The van der Waals surface area contributed by atoms with Crippen LogP contribution in [0.5, 0.6) is 0 Å². The average molecular weight is 489 g/mol. The summed E-state index contributed by atoms with van der Waals surface area (Å²) in [7, 11) is 0. The molecule has 0 aromatic heterocycles. The van der Waals surface area contributed by atoms with Gasteiger partial charge in [-0.2, -0.15) is 0 Å². The fraction of sp³-hybridized carbons (Fsp3) is 0.750. The van der Waals surface area contributed by atoms with E-state index in [4.69, 9.17) is 18.9 Å². The first-order valence-corrected chi connectivity index (χ1v) is 11.3. The fourth-order valence-corrected chi connectivity index (χ4v) is 2.53. The molecule has 1 rings (SSSR count). The number of carbonyl (C=O) groups is 4. The van der Waals surface area contributed by atoms with Crippen molar-refractivity contribution in [2.45, 2.75) is 66.6 Å². The summed E-state index contributed by atoms with van der Waals surface area (Å²) in [6, 6.07) is 0. The van der Waals surface area contributed by atoms with Gasteiger partial charge in [-0.15, -0.1) is 0 Å². The number of imide groups is 1. The summed E-state index contributed by atoms with van der Waals surface area (Å²) in [5.41, 5.74) is -0.267. The largest absolute Gasteiger partial charge is 0.377 e.